The van der Waals surface area contributed by atoms with Crippen molar-refractivity contribution in [3.05, 3.63) is 35.4 Å². The molecule has 1 heterocycles. The van der Waals surface area contributed by atoms with E-state index in [1.165, 1.54) is 37.1 Å². The summed E-state index contributed by atoms with van der Waals surface area (Å²) in [6, 6.07) is 9.03. The van der Waals surface area contributed by atoms with Gasteiger partial charge in [-0.3, -0.25) is 4.90 Å². The first kappa shape index (κ1) is 16.5. The molecule has 21 heavy (non-hydrogen) atoms. The Morgan fingerprint density at radius 2 is 1.90 bits per heavy atom. The van der Waals surface area contributed by atoms with Gasteiger partial charge in [0, 0.05) is 11.6 Å². The Morgan fingerprint density at radius 1 is 1.24 bits per heavy atom. The van der Waals surface area contributed by atoms with Crippen LogP contribution >= 0.6 is 0 Å². The zero-order valence-corrected chi connectivity index (χ0v) is 14.2. The first-order valence-electron chi connectivity index (χ1n) is 8.57. The first-order chi connectivity index (χ1) is 9.97. The van der Waals surface area contributed by atoms with Crippen LogP contribution in [0.1, 0.15) is 64.1 Å². The third-order valence-corrected chi connectivity index (χ3v) is 5.17. The molecule has 2 heteroatoms. The summed E-state index contributed by atoms with van der Waals surface area (Å²) in [5.74, 6) is 0.688. The highest BCUT2D eigenvalue weighted by atomic mass is 15.2. The Balaban J connectivity index is 2.22. The number of benzene rings is 1. The van der Waals surface area contributed by atoms with Gasteiger partial charge in [-0.05, 0) is 62.7 Å². The topological polar surface area (TPSA) is 29.3 Å². The minimum atomic E-state index is 0.0763. The van der Waals surface area contributed by atoms with E-state index < -0.39 is 0 Å². The molecule has 0 saturated carbocycles. The van der Waals surface area contributed by atoms with Gasteiger partial charge in [0.1, 0.15) is 0 Å². The number of hydrogen-bond donors (Lipinski definition) is 1. The monoisotopic (exact) mass is 288 g/mol. The second-order valence-corrected chi connectivity index (χ2v) is 7.23. The second-order valence-electron chi connectivity index (χ2n) is 7.23. The molecule has 0 aliphatic carbocycles. The maximum Gasteiger partial charge on any atom is 0.0479 e. The molecule has 1 aromatic carbocycles. The Kier molecular flexibility index (Phi) is 5.45. The number of hydrogen-bond acceptors (Lipinski definition) is 2. The summed E-state index contributed by atoms with van der Waals surface area (Å²) in [5.41, 5.74) is 9.51. The summed E-state index contributed by atoms with van der Waals surface area (Å²) in [5, 5.41) is 0. The highest BCUT2D eigenvalue weighted by Crippen LogP contribution is 2.35. The van der Waals surface area contributed by atoms with Crippen LogP contribution in [0, 0.1) is 5.92 Å². The SMILES string of the molecule is CCC(C)(C(N)c1cccc(CC(C)C)c1)N1CCCC1. The molecule has 1 aromatic rings. The molecule has 0 radical (unpaired) electrons. The van der Waals surface area contributed by atoms with Crippen LogP contribution in [0.2, 0.25) is 0 Å². The molecule has 1 aliphatic rings. The van der Waals surface area contributed by atoms with Crippen LogP contribution in [-0.2, 0) is 6.42 Å². The van der Waals surface area contributed by atoms with Crippen LogP contribution in [0.3, 0.4) is 0 Å². The van der Waals surface area contributed by atoms with E-state index in [0.717, 1.165) is 12.8 Å². The zero-order chi connectivity index (χ0) is 15.5. The van der Waals surface area contributed by atoms with Crippen molar-refractivity contribution in [3.8, 4) is 0 Å². The number of likely N-dealkylation sites (tertiary alicyclic amines) is 1. The van der Waals surface area contributed by atoms with Crippen molar-refractivity contribution in [2.24, 2.45) is 11.7 Å². The van der Waals surface area contributed by atoms with Gasteiger partial charge < -0.3 is 5.73 Å². The largest absolute Gasteiger partial charge is 0.322 e. The van der Waals surface area contributed by atoms with E-state index in [9.17, 15) is 0 Å². The van der Waals surface area contributed by atoms with Crippen molar-refractivity contribution >= 4 is 0 Å². The van der Waals surface area contributed by atoms with E-state index >= 15 is 0 Å². The summed E-state index contributed by atoms with van der Waals surface area (Å²) >= 11 is 0. The number of rotatable bonds is 6. The fraction of sp³-hybridized carbons (Fsp3) is 0.684. The molecular formula is C19H32N2. The van der Waals surface area contributed by atoms with Gasteiger partial charge in [-0.2, -0.15) is 0 Å². The van der Waals surface area contributed by atoms with Gasteiger partial charge >= 0.3 is 0 Å². The lowest BCUT2D eigenvalue weighted by molar-refractivity contribution is 0.1000. The Bertz CT molecular complexity index is 449. The van der Waals surface area contributed by atoms with Crippen molar-refractivity contribution in [2.75, 3.05) is 13.1 Å². The number of nitrogens with zero attached hydrogens (tertiary/aromatic N) is 1. The van der Waals surface area contributed by atoms with Gasteiger partial charge in [0.2, 0.25) is 0 Å². The van der Waals surface area contributed by atoms with Crippen molar-refractivity contribution in [3.63, 3.8) is 0 Å². The maximum absolute atomic E-state index is 6.72. The average Bonchev–Trinajstić information content (AvgIpc) is 3.00. The highest BCUT2D eigenvalue weighted by Gasteiger charge is 2.38. The summed E-state index contributed by atoms with van der Waals surface area (Å²) in [6.07, 6.45) is 4.86. The lowest BCUT2D eigenvalue weighted by Gasteiger charge is -2.43. The molecule has 2 unspecified atom stereocenters. The molecular weight excluding hydrogens is 256 g/mol. The quantitative estimate of drug-likeness (QED) is 0.852. The molecule has 1 aliphatic heterocycles. The second kappa shape index (κ2) is 6.93. The van der Waals surface area contributed by atoms with Crippen molar-refractivity contribution < 1.29 is 0 Å². The van der Waals surface area contributed by atoms with Gasteiger partial charge in [-0.1, -0.05) is 45.0 Å². The van der Waals surface area contributed by atoms with E-state index in [1.807, 2.05) is 0 Å². The predicted octanol–water partition coefficient (Wildman–Crippen LogP) is 4.15. The van der Waals surface area contributed by atoms with Gasteiger partial charge in [-0.15, -0.1) is 0 Å². The molecule has 1 saturated heterocycles. The molecule has 2 N–H and O–H groups in total. The molecule has 0 bridgehead atoms. The van der Waals surface area contributed by atoms with Gasteiger partial charge in [0.05, 0.1) is 0 Å². The minimum Gasteiger partial charge on any atom is -0.322 e. The van der Waals surface area contributed by atoms with Crippen molar-refractivity contribution in [2.45, 2.75) is 65.0 Å². The average molecular weight is 288 g/mol. The summed E-state index contributed by atoms with van der Waals surface area (Å²) < 4.78 is 0. The van der Waals surface area contributed by atoms with Crippen LogP contribution in [0.5, 0.6) is 0 Å². The Hall–Kier alpha value is -0.860. The third-order valence-electron chi connectivity index (χ3n) is 5.17. The molecule has 2 nitrogen and oxygen atoms in total. The molecule has 118 valence electrons. The standard InChI is InChI=1S/C19H32N2/c1-5-19(4,21-11-6-7-12-21)18(20)17-10-8-9-16(14-17)13-15(2)3/h8-10,14-15,18H,5-7,11-13,20H2,1-4H3. The fourth-order valence-electron chi connectivity index (χ4n) is 3.61. The van der Waals surface area contributed by atoms with Gasteiger partial charge in [-0.25, -0.2) is 0 Å². The van der Waals surface area contributed by atoms with Crippen LogP contribution in [0.25, 0.3) is 0 Å². The smallest absolute Gasteiger partial charge is 0.0479 e. The first-order valence-corrected chi connectivity index (χ1v) is 8.57. The molecule has 1 fully saturated rings. The zero-order valence-electron chi connectivity index (χ0n) is 14.2. The van der Waals surface area contributed by atoms with E-state index in [0.29, 0.717) is 5.92 Å². The summed E-state index contributed by atoms with van der Waals surface area (Å²) in [7, 11) is 0. The molecule has 2 atom stereocenters. The third kappa shape index (κ3) is 3.67. The predicted molar refractivity (Wildman–Crippen MR) is 91.4 cm³/mol. The van der Waals surface area contributed by atoms with Crippen molar-refractivity contribution in [1.82, 2.24) is 4.90 Å². The van der Waals surface area contributed by atoms with Gasteiger partial charge in [0.15, 0.2) is 0 Å². The number of nitrogens with two attached hydrogens (primary N) is 1. The Morgan fingerprint density at radius 3 is 2.48 bits per heavy atom. The molecule has 2 rings (SSSR count). The molecule has 0 spiro atoms. The summed E-state index contributed by atoms with van der Waals surface area (Å²) in [4.78, 5) is 2.60. The highest BCUT2D eigenvalue weighted by molar-refractivity contribution is 5.28. The normalized spacial score (nSPS) is 20.7. The molecule has 0 amide bonds. The van der Waals surface area contributed by atoms with Crippen LogP contribution in [-0.4, -0.2) is 23.5 Å². The van der Waals surface area contributed by atoms with E-state index in [1.54, 1.807) is 0 Å². The lowest BCUT2D eigenvalue weighted by atomic mass is 9.83. The maximum atomic E-state index is 6.72. The molecule has 0 aromatic heterocycles. The van der Waals surface area contributed by atoms with Crippen molar-refractivity contribution in [1.29, 1.82) is 0 Å². The summed E-state index contributed by atoms with van der Waals surface area (Å²) in [6.45, 7) is 11.6. The Labute approximate surface area is 130 Å². The van der Waals surface area contributed by atoms with Crippen LogP contribution < -0.4 is 5.73 Å². The van der Waals surface area contributed by atoms with Gasteiger partial charge in [0.25, 0.3) is 0 Å². The van der Waals surface area contributed by atoms with Crippen LogP contribution in [0.4, 0.5) is 0 Å². The fourth-order valence-corrected chi connectivity index (χ4v) is 3.61. The van der Waals surface area contributed by atoms with Crippen LogP contribution in [0.15, 0.2) is 24.3 Å². The van der Waals surface area contributed by atoms with E-state index in [4.69, 9.17) is 5.73 Å². The lowest BCUT2D eigenvalue weighted by Crippen LogP contribution is -2.51. The van der Waals surface area contributed by atoms with E-state index in [-0.39, 0.29) is 11.6 Å². The van der Waals surface area contributed by atoms with E-state index in [2.05, 4.69) is 56.9 Å². The minimum absolute atomic E-state index is 0.0763.